The topological polar surface area (TPSA) is 50.9 Å². The Morgan fingerprint density at radius 2 is 2.00 bits per heavy atom. The Labute approximate surface area is 136 Å². The van der Waals surface area contributed by atoms with Gasteiger partial charge in [0, 0.05) is 25.1 Å². The van der Waals surface area contributed by atoms with Crippen molar-refractivity contribution in [1.29, 1.82) is 0 Å². The van der Waals surface area contributed by atoms with Crippen LogP contribution in [0.3, 0.4) is 0 Å². The fourth-order valence-electron chi connectivity index (χ4n) is 3.62. The van der Waals surface area contributed by atoms with E-state index in [1.807, 2.05) is 23.7 Å². The van der Waals surface area contributed by atoms with E-state index >= 15 is 0 Å². The van der Waals surface area contributed by atoms with Gasteiger partial charge in [-0.1, -0.05) is 39.0 Å². The maximum atomic E-state index is 14.5. The highest BCUT2D eigenvalue weighted by atomic mass is 19.1. The number of aliphatic hydroxyl groups is 1. The van der Waals surface area contributed by atoms with E-state index in [1.54, 1.807) is 6.07 Å². The molecule has 0 radical (unpaired) electrons. The number of benzene rings is 1. The van der Waals surface area contributed by atoms with Crippen LogP contribution in [0.4, 0.5) is 4.39 Å². The highest BCUT2D eigenvalue weighted by Crippen LogP contribution is 2.67. The van der Waals surface area contributed by atoms with Gasteiger partial charge < -0.3 is 5.11 Å². The van der Waals surface area contributed by atoms with Crippen LogP contribution < -0.4 is 0 Å². The van der Waals surface area contributed by atoms with Crippen molar-refractivity contribution in [2.75, 3.05) is 6.61 Å². The first-order valence-electron chi connectivity index (χ1n) is 8.26. The lowest BCUT2D eigenvalue weighted by molar-refractivity contribution is 0.274. The molecule has 1 aliphatic rings. The zero-order chi connectivity index (χ0) is 16.7. The van der Waals surface area contributed by atoms with Crippen molar-refractivity contribution in [3.05, 3.63) is 47.3 Å². The van der Waals surface area contributed by atoms with Crippen LogP contribution in [0.1, 0.15) is 50.8 Å². The van der Waals surface area contributed by atoms with Gasteiger partial charge in [-0.15, -0.1) is 0 Å². The predicted molar refractivity (Wildman–Crippen MR) is 86.7 cm³/mol. The van der Waals surface area contributed by atoms with Gasteiger partial charge in [0.2, 0.25) is 0 Å². The van der Waals surface area contributed by atoms with Crippen molar-refractivity contribution in [1.82, 2.24) is 14.8 Å². The van der Waals surface area contributed by atoms with Gasteiger partial charge in [-0.3, -0.25) is 0 Å². The van der Waals surface area contributed by atoms with E-state index in [9.17, 15) is 4.39 Å². The van der Waals surface area contributed by atoms with Crippen molar-refractivity contribution in [3.8, 4) is 0 Å². The molecule has 0 bridgehead atoms. The Kier molecular flexibility index (Phi) is 4.00. The van der Waals surface area contributed by atoms with Gasteiger partial charge in [0.25, 0.3) is 0 Å². The van der Waals surface area contributed by atoms with Crippen LogP contribution in [0.25, 0.3) is 0 Å². The second kappa shape index (κ2) is 5.71. The van der Waals surface area contributed by atoms with E-state index in [-0.39, 0.29) is 17.8 Å². The molecule has 4 nitrogen and oxygen atoms in total. The molecule has 0 spiro atoms. The molecule has 1 fully saturated rings. The van der Waals surface area contributed by atoms with Gasteiger partial charge >= 0.3 is 0 Å². The summed E-state index contributed by atoms with van der Waals surface area (Å²) in [6, 6.07) is 6.97. The standard InChI is InChI=1S/C18H24FN3O/c1-4-15-20-16(22(21-15)10-7-11-23)18(12-17(18,2)3)13-8-5-6-9-14(13)19/h5-6,8-9,23H,4,7,10-12H2,1-3H3. The first kappa shape index (κ1) is 16.1. The molecule has 3 rings (SSSR count). The first-order valence-corrected chi connectivity index (χ1v) is 8.26. The minimum absolute atomic E-state index is 0.0653. The fraction of sp³-hybridized carbons (Fsp3) is 0.556. The Morgan fingerprint density at radius 1 is 1.30 bits per heavy atom. The third kappa shape index (κ3) is 2.47. The summed E-state index contributed by atoms with van der Waals surface area (Å²) in [5, 5.41) is 13.7. The van der Waals surface area contributed by atoms with Crippen LogP contribution in [-0.4, -0.2) is 26.5 Å². The SMILES string of the molecule is CCc1nc(C2(c3ccccc3F)CC2(C)C)n(CCCO)n1. The summed E-state index contributed by atoms with van der Waals surface area (Å²) in [5.41, 5.74) is 0.198. The number of hydrogen-bond acceptors (Lipinski definition) is 3. The number of rotatable bonds is 6. The summed E-state index contributed by atoms with van der Waals surface area (Å²) < 4.78 is 16.4. The van der Waals surface area contributed by atoms with Crippen LogP contribution in [0, 0.1) is 11.2 Å². The maximum Gasteiger partial charge on any atom is 0.150 e. The number of hydrogen-bond donors (Lipinski definition) is 1. The minimum Gasteiger partial charge on any atom is -0.396 e. The molecule has 1 aromatic carbocycles. The molecule has 1 unspecified atom stereocenters. The van der Waals surface area contributed by atoms with Crippen molar-refractivity contribution < 1.29 is 9.50 Å². The molecule has 0 amide bonds. The average Bonchev–Trinajstić information content (AvgIpc) is 2.91. The fourth-order valence-corrected chi connectivity index (χ4v) is 3.62. The van der Waals surface area contributed by atoms with Gasteiger partial charge in [-0.25, -0.2) is 14.1 Å². The van der Waals surface area contributed by atoms with E-state index in [1.165, 1.54) is 6.07 Å². The number of aryl methyl sites for hydroxylation is 2. The van der Waals surface area contributed by atoms with E-state index in [2.05, 4.69) is 18.9 Å². The molecule has 2 aromatic rings. The lowest BCUT2D eigenvalue weighted by Crippen LogP contribution is -2.24. The van der Waals surface area contributed by atoms with E-state index in [0.29, 0.717) is 18.5 Å². The molecular weight excluding hydrogens is 293 g/mol. The van der Waals surface area contributed by atoms with Crippen molar-refractivity contribution in [3.63, 3.8) is 0 Å². The van der Waals surface area contributed by atoms with E-state index in [4.69, 9.17) is 10.1 Å². The molecule has 1 aliphatic carbocycles. The largest absolute Gasteiger partial charge is 0.396 e. The second-order valence-electron chi connectivity index (χ2n) is 6.95. The number of halogens is 1. The first-order chi connectivity index (χ1) is 11.0. The molecule has 1 saturated carbocycles. The van der Waals surface area contributed by atoms with E-state index < -0.39 is 5.41 Å². The molecule has 1 atom stereocenters. The van der Waals surface area contributed by atoms with Gasteiger partial charge in [0.1, 0.15) is 11.6 Å². The van der Waals surface area contributed by atoms with Gasteiger partial charge in [0.15, 0.2) is 5.82 Å². The minimum atomic E-state index is -0.436. The summed E-state index contributed by atoms with van der Waals surface area (Å²) >= 11 is 0. The monoisotopic (exact) mass is 317 g/mol. The van der Waals surface area contributed by atoms with Crippen LogP contribution in [0.2, 0.25) is 0 Å². The lowest BCUT2D eigenvalue weighted by Gasteiger charge is -2.22. The molecule has 0 saturated heterocycles. The third-order valence-corrected chi connectivity index (χ3v) is 5.01. The number of aromatic nitrogens is 3. The Bertz CT molecular complexity index is 710. The average molecular weight is 317 g/mol. The van der Waals surface area contributed by atoms with E-state index in [0.717, 1.165) is 24.5 Å². The van der Waals surface area contributed by atoms with Crippen molar-refractivity contribution in [2.24, 2.45) is 5.41 Å². The van der Waals surface area contributed by atoms with Crippen molar-refractivity contribution >= 4 is 0 Å². The van der Waals surface area contributed by atoms with Gasteiger partial charge in [0.05, 0.1) is 5.41 Å². The number of aliphatic hydroxyl groups excluding tert-OH is 1. The van der Waals surface area contributed by atoms with Gasteiger partial charge in [-0.2, -0.15) is 5.10 Å². The summed E-state index contributed by atoms with van der Waals surface area (Å²) in [6.07, 6.45) is 2.21. The molecule has 0 aliphatic heterocycles. The van der Waals surface area contributed by atoms with Crippen LogP contribution in [0.5, 0.6) is 0 Å². The number of nitrogens with zero attached hydrogens (tertiary/aromatic N) is 3. The lowest BCUT2D eigenvalue weighted by atomic mass is 9.86. The maximum absolute atomic E-state index is 14.5. The predicted octanol–water partition coefficient (Wildman–Crippen LogP) is 3.08. The zero-order valence-electron chi connectivity index (χ0n) is 14.0. The smallest absolute Gasteiger partial charge is 0.150 e. The molecule has 1 aromatic heterocycles. The van der Waals surface area contributed by atoms with Crippen LogP contribution in [-0.2, 0) is 18.4 Å². The van der Waals surface area contributed by atoms with Crippen LogP contribution in [0.15, 0.2) is 24.3 Å². The summed E-state index contributed by atoms with van der Waals surface area (Å²) in [5.74, 6) is 1.42. The Balaban J connectivity index is 2.14. The molecule has 1 heterocycles. The van der Waals surface area contributed by atoms with Crippen LogP contribution >= 0.6 is 0 Å². The molecule has 5 heteroatoms. The molecule has 124 valence electrons. The normalized spacial score (nSPS) is 22.3. The quantitative estimate of drug-likeness (QED) is 0.891. The Morgan fingerprint density at radius 3 is 2.57 bits per heavy atom. The van der Waals surface area contributed by atoms with Gasteiger partial charge in [-0.05, 0) is 24.3 Å². The van der Waals surface area contributed by atoms with Crippen molar-refractivity contribution in [2.45, 2.75) is 52.0 Å². The third-order valence-electron chi connectivity index (χ3n) is 5.01. The molecule has 23 heavy (non-hydrogen) atoms. The summed E-state index contributed by atoms with van der Waals surface area (Å²) in [4.78, 5) is 4.73. The summed E-state index contributed by atoms with van der Waals surface area (Å²) in [6.45, 7) is 7.03. The zero-order valence-corrected chi connectivity index (χ0v) is 14.0. The molecule has 1 N–H and O–H groups in total. The highest BCUT2D eigenvalue weighted by Gasteiger charge is 2.66. The molecular formula is C18H24FN3O. The Hall–Kier alpha value is -1.75. The second-order valence-corrected chi connectivity index (χ2v) is 6.95. The highest BCUT2D eigenvalue weighted by molar-refractivity contribution is 5.45. The summed E-state index contributed by atoms with van der Waals surface area (Å²) in [7, 11) is 0.